The number of nitrogens with zero attached hydrogens (tertiary/aromatic N) is 2. The summed E-state index contributed by atoms with van der Waals surface area (Å²) in [7, 11) is 0. The normalized spacial score (nSPS) is 16.0. The maximum absolute atomic E-state index is 2.66. The van der Waals surface area contributed by atoms with E-state index in [1.807, 2.05) is 0 Å². The molecule has 1 aromatic heterocycles. The molecule has 344 valence electrons. The minimum absolute atomic E-state index is 0.0136. The van der Waals surface area contributed by atoms with Gasteiger partial charge in [0.25, 0.3) is 0 Å². The predicted octanol–water partition coefficient (Wildman–Crippen LogP) is 19.1. The highest BCUT2D eigenvalue weighted by Crippen LogP contribution is 2.49. The van der Waals surface area contributed by atoms with Gasteiger partial charge in [0.15, 0.2) is 0 Å². The second-order valence-corrected chi connectivity index (χ2v) is 22.0. The molecular weight excluding hydrogens is 833 g/mol. The summed E-state index contributed by atoms with van der Waals surface area (Å²) >= 11 is 0. The van der Waals surface area contributed by atoms with E-state index in [-0.39, 0.29) is 16.7 Å². The third-order valence-corrected chi connectivity index (χ3v) is 15.3. The lowest BCUT2D eigenvalue weighted by Gasteiger charge is -2.37. The van der Waals surface area contributed by atoms with E-state index < -0.39 is 0 Å². The second-order valence-electron chi connectivity index (χ2n) is 22.0. The van der Waals surface area contributed by atoms with Crippen LogP contribution in [0.4, 0.5) is 11.4 Å². The number of hydrogen-bond donors (Lipinski definition) is 0. The standard InChI is InChI=1S/C67H66N2/c1-45-22-18-34-56(50-40-51(66(2,3)4)44-52(41-50)67(5,6)7)65(45)69(62-37-17-14-31-57(62)59-35-21-26-47-25-20-33-55(64(47)59)46-23-10-8-11-24-46)54-30-19-27-48(42-54)49-38-39-63-60(43-49)58-32-15-16-36-61(58)68(63)53-28-12-9-13-29-53/h9,12-21,25-46H,8,10-11,22-24H2,1-7H3. The SMILES string of the molecule is CC1CC=CC(c2cc(C(C)(C)C)cc(C(C)(C)C)c2)=C1N(c1cccc(-c2ccc3c(c2)c2ccccc2n3-c2ccccc2)c1)c1ccccc1-c1cccc2cccc(C3CCCCC3)c12. The predicted molar refractivity (Wildman–Crippen MR) is 297 cm³/mol. The summed E-state index contributed by atoms with van der Waals surface area (Å²) in [4.78, 5) is 2.66. The molecule has 2 aliphatic rings. The Morgan fingerprint density at radius 1 is 0.522 bits per heavy atom. The summed E-state index contributed by atoms with van der Waals surface area (Å²) in [5, 5.41) is 5.26. The summed E-state index contributed by atoms with van der Waals surface area (Å²) < 4.78 is 2.40. The zero-order chi connectivity index (χ0) is 47.4. The molecule has 0 amide bonds. The van der Waals surface area contributed by atoms with Crippen LogP contribution in [-0.2, 0) is 10.8 Å². The molecule has 1 unspecified atom stereocenters. The first-order chi connectivity index (χ1) is 33.4. The van der Waals surface area contributed by atoms with Gasteiger partial charge in [-0.15, -0.1) is 0 Å². The highest BCUT2D eigenvalue weighted by Gasteiger charge is 2.30. The highest BCUT2D eigenvalue weighted by atomic mass is 15.2. The van der Waals surface area contributed by atoms with Gasteiger partial charge >= 0.3 is 0 Å². The zero-order valence-electron chi connectivity index (χ0n) is 41.7. The Morgan fingerprint density at radius 2 is 1.17 bits per heavy atom. The molecule has 2 nitrogen and oxygen atoms in total. The van der Waals surface area contributed by atoms with Crippen molar-refractivity contribution in [2.75, 3.05) is 4.90 Å². The molecular formula is C67H66N2. The molecule has 0 radical (unpaired) electrons. The van der Waals surface area contributed by atoms with Crippen LogP contribution in [0.25, 0.3) is 66.1 Å². The average molecular weight is 899 g/mol. The molecule has 2 heteroatoms. The number of anilines is 2. The Morgan fingerprint density at radius 3 is 1.94 bits per heavy atom. The smallest absolute Gasteiger partial charge is 0.0541 e. The number of aromatic nitrogens is 1. The maximum Gasteiger partial charge on any atom is 0.0541 e. The molecule has 0 spiro atoms. The van der Waals surface area contributed by atoms with Crippen molar-refractivity contribution in [1.29, 1.82) is 0 Å². The van der Waals surface area contributed by atoms with Crippen LogP contribution in [0.3, 0.4) is 0 Å². The summed E-state index contributed by atoms with van der Waals surface area (Å²) in [6.07, 6.45) is 12.3. The van der Waals surface area contributed by atoms with Gasteiger partial charge in [0.2, 0.25) is 0 Å². The minimum Gasteiger partial charge on any atom is -0.313 e. The Balaban J connectivity index is 1.16. The van der Waals surface area contributed by atoms with Crippen molar-refractivity contribution in [3.63, 3.8) is 0 Å². The summed E-state index contributed by atoms with van der Waals surface area (Å²) in [6.45, 7) is 16.5. The van der Waals surface area contributed by atoms with Crippen LogP contribution in [0, 0.1) is 5.92 Å². The lowest BCUT2D eigenvalue weighted by atomic mass is 9.77. The molecule has 0 N–H and O–H groups in total. The molecule has 1 saturated carbocycles. The number of hydrogen-bond acceptors (Lipinski definition) is 1. The molecule has 0 aliphatic heterocycles. The molecule has 8 aromatic carbocycles. The van der Waals surface area contributed by atoms with Crippen LogP contribution in [0.2, 0.25) is 0 Å². The second kappa shape index (κ2) is 17.9. The number of para-hydroxylation sites is 3. The monoisotopic (exact) mass is 899 g/mol. The third kappa shape index (κ3) is 8.33. The fourth-order valence-corrected chi connectivity index (χ4v) is 11.6. The lowest BCUT2D eigenvalue weighted by molar-refractivity contribution is 0.445. The Kier molecular flexibility index (Phi) is 11.6. The molecule has 1 fully saturated rings. The van der Waals surface area contributed by atoms with Crippen molar-refractivity contribution in [1.82, 2.24) is 4.57 Å². The van der Waals surface area contributed by atoms with Gasteiger partial charge in [0.05, 0.1) is 16.7 Å². The van der Waals surface area contributed by atoms with Gasteiger partial charge in [0, 0.05) is 44.9 Å². The molecule has 1 atom stereocenters. The van der Waals surface area contributed by atoms with Crippen molar-refractivity contribution in [2.24, 2.45) is 5.92 Å². The first kappa shape index (κ1) is 44.6. The Labute approximate surface area is 410 Å². The van der Waals surface area contributed by atoms with E-state index in [9.17, 15) is 0 Å². The first-order valence-corrected chi connectivity index (χ1v) is 25.6. The lowest BCUT2D eigenvalue weighted by Crippen LogP contribution is -2.25. The molecule has 0 bridgehead atoms. The maximum atomic E-state index is 2.66. The summed E-state index contributed by atoms with van der Waals surface area (Å²) in [6, 6.07) is 66.8. The van der Waals surface area contributed by atoms with Crippen molar-refractivity contribution in [3.8, 4) is 27.9 Å². The Hall–Kier alpha value is -6.90. The van der Waals surface area contributed by atoms with E-state index >= 15 is 0 Å². The molecule has 11 rings (SSSR count). The van der Waals surface area contributed by atoms with Crippen LogP contribution in [-0.4, -0.2) is 4.57 Å². The van der Waals surface area contributed by atoms with E-state index in [1.54, 1.807) is 0 Å². The molecule has 2 aliphatic carbocycles. The first-order valence-electron chi connectivity index (χ1n) is 25.6. The number of allylic oxidation sites excluding steroid dienone is 4. The molecule has 69 heavy (non-hydrogen) atoms. The van der Waals surface area contributed by atoms with E-state index in [4.69, 9.17) is 0 Å². The van der Waals surface area contributed by atoms with Crippen molar-refractivity contribution in [2.45, 2.75) is 104 Å². The molecule has 1 heterocycles. The highest BCUT2D eigenvalue weighted by molar-refractivity contribution is 6.10. The van der Waals surface area contributed by atoms with Gasteiger partial charge in [-0.3, -0.25) is 0 Å². The quantitative estimate of drug-likeness (QED) is 0.148. The van der Waals surface area contributed by atoms with Crippen LogP contribution in [0.1, 0.15) is 115 Å². The topological polar surface area (TPSA) is 8.17 Å². The van der Waals surface area contributed by atoms with Gasteiger partial charge in [-0.1, -0.05) is 207 Å². The van der Waals surface area contributed by atoms with Gasteiger partial charge in [-0.05, 0) is 134 Å². The number of benzene rings is 8. The van der Waals surface area contributed by atoms with Crippen molar-refractivity contribution >= 4 is 49.5 Å². The van der Waals surface area contributed by atoms with Gasteiger partial charge in [0.1, 0.15) is 0 Å². The van der Waals surface area contributed by atoms with Crippen LogP contribution >= 0.6 is 0 Å². The largest absolute Gasteiger partial charge is 0.313 e. The zero-order valence-corrected chi connectivity index (χ0v) is 41.7. The van der Waals surface area contributed by atoms with Crippen LogP contribution < -0.4 is 4.90 Å². The van der Waals surface area contributed by atoms with Crippen molar-refractivity contribution < 1.29 is 0 Å². The van der Waals surface area contributed by atoms with Crippen LogP contribution in [0.5, 0.6) is 0 Å². The fourth-order valence-electron chi connectivity index (χ4n) is 11.6. The molecule has 0 saturated heterocycles. The number of rotatable bonds is 8. The fraction of sp³-hybridized carbons (Fsp3) is 0.254. The average Bonchev–Trinajstić information content (AvgIpc) is 3.70. The van der Waals surface area contributed by atoms with Crippen LogP contribution in [0.15, 0.2) is 194 Å². The Bertz CT molecular complexity index is 3390. The van der Waals surface area contributed by atoms with E-state index in [0.717, 1.165) is 12.1 Å². The van der Waals surface area contributed by atoms with Gasteiger partial charge < -0.3 is 9.47 Å². The van der Waals surface area contributed by atoms with E-state index in [0.29, 0.717) is 5.92 Å². The summed E-state index contributed by atoms with van der Waals surface area (Å²) in [5.74, 6) is 0.816. The van der Waals surface area contributed by atoms with Gasteiger partial charge in [-0.2, -0.15) is 0 Å². The minimum atomic E-state index is -0.0136. The summed E-state index contributed by atoms with van der Waals surface area (Å²) in [5.41, 5.74) is 19.1. The van der Waals surface area contributed by atoms with Gasteiger partial charge in [-0.25, -0.2) is 0 Å². The van der Waals surface area contributed by atoms with E-state index in [1.165, 1.54) is 132 Å². The molecule has 9 aromatic rings. The van der Waals surface area contributed by atoms with Crippen molar-refractivity contribution in [3.05, 3.63) is 216 Å². The number of fused-ring (bicyclic) bond motifs is 4. The third-order valence-electron chi connectivity index (χ3n) is 15.3. The van der Waals surface area contributed by atoms with E-state index in [2.05, 4.69) is 246 Å².